The maximum atomic E-state index is 13.1. The third kappa shape index (κ3) is 2.39. The van der Waals surface area contributed by atoms with Crippen LogP contribution in [0.15, 0.2) is 48.5 Å². The van der Waals surface area contributed by atoms with Crippen LogP contribution in [0.25, 0.3) is 16.9 Å². The molecule has 1 heterocycles. The molecule has 3 aromatic rings. The Hall–Kier alpha value is -3.00. The van der Waals surface area contributed by atoms with Gasteiger partial charge in [0.1, 0.15) is 17.6 Å². The minimum absolute atomic E-state index is 0.241. The highest BCUT2D eigenvalue weighted by Gasteiger charge is 2.16. The third-order valence-electron chi connectivity index (χ3n) is 3.14. The molecular formula is C16H11FN4. The number of nitrogens with zero attached hydrogens (tertiary/aromatic N) is 4. The molecule has 4 nitrogen and oxygen atoms in total. The van der Waals surface area contributed by atoms with Gasteiger partial charge in [-0.25, -0.2) is 9.07 Å². The van der Waals surface area contributed by atoms with Crippen molar-refractivity contribution in [1.29, 1.82) is 5.26 Å². The quantitative estimate of drug-likeness (QED) is 0.723. The van der Waals surface area contributed by atoms with E-state index in [-0.39, 0.29) is 11.5 Å². The first-order valence-corrected chi connectivity index (χ1v) is 6.38. The summed E-state index contributed by atoms with van der Waals surface area (Å²) in [4.78, 5) is 0. The van der Waals surface area contributed by atoms with Crippen molar-refractivity contribution in [2.45, 2.75) is 6.92 Å². The average molecular weight is 278 g/mol. The van der Waals surface area contributed by atoms with E-state index in [1.54, 1.807) is 16.8 Å². The molecule has 5 heteroatoms. The van der Waals surface area contributed by atoms with Crippen LogP contribution in [-0.2, 0) is 0 Å². The molecule has 0 saturated heterocycles. The Kier molecular flexibility index (Phi) is 3.20. The molecule has 0 unspecified atom stereocenters. The molecule has 102 valence electrons. The van der Waals surface area contributed by atoms with Crippen LogP contribution in [0, 0.1) is 24.1 Å². The van der Waals surface area contributed by atoms with Crippen LogP contribution < -0.4 is 0 Å². The predicted molar refractivity (Wildman–Crippen MR) is 76.2 cm³/mol. The average Bonchev–Trinajstić information content (AvgIpc) is 2.92. The van der Waals surface area contributed by atoms with E-state index in [4.69, 9.17) is 0 Å². The fraction of sp³-hybridized carbons (Fsp3) is 0.0625. The van der Waals surface area contributed by atoms with Crippen molar-refractivity contribution in [3.8, 4) is 23.0 Å². The van der Waals surface area contributed by atoms with Crippen LogP contribution in [0.5, 0.6) is 0 Å². The molecule has 0 saturated carbocycles. The zero-order valence-corrected chi connectivity index (χ0v) is 11.3. The lowest BCUT2D eigenvalue weighted by Gasteiger charge is -2.07. The number of hydrogen-bond donors (Lipinski definition) is 0. The monoisotopic (exact) mass is 278 g/mol. The second-order valence-corrected chi connectivity index (χ2v) is 4.66. The molecule has 0 aliphatic rings. The van der Waals surface area contributed by atoms with Crippen LogP contribution in [0.2, 0.25) is 0 Å². The molecule has 3 rings (SSSR count). The van der Waals surface area contributed by atoms with E-state index in [1.165, 1.54) is 12.1 Å². The van der Waals surface area contributed by atoms with E-state index < -0.39 is 0 Å². The number of benzene rings is 2. The van der Waals surface area contributed by atoms with Gasteiger partial charge in [-0.05, 0) is 37.3 Å². The third-order valence-corrected chi connectivity index (χ3v) is 3.14. The molecule has 1 aromatic heterocycles. The van der Waals surface area contributed by atoms with E-state index in [9.17, 15) is 9.65 Å². The van der Waals surface area contributed by atoms with Crippen LogP contribution in [0.3, 0.4) is 0 Å². The van der Waals surface area contributed by atoms with Crippen LogP contribution in [0.1, 0.15) is 11.3 Å². The van der Waals surface area contributed by atoms with Crippen molar-refractivity contribution >= 4 is 0 Å². The predicted octanol–water partition coefficient (Wildman–Crippen LogP) is 3.25. The zero-order valence-electron chi connectivity index (χ0n) is 11.3. The van der Waals surface area contributed by atoms with Gasteiger partial charge in [-0.1, -0.05) is 29.0 Å². The molecule has 0 atom stereocenters. The number of hydrogen-bond acceptors (Lipinski definition) is 3. The topological polar surface area (TPSA) is 54.5 Å². The van der Waals surface area contributed by atoms with Gasteiger partial charge in [0.2, 0.25) is 0 Å². The van der Waals surface area contributed by atoms with E-state index >= 15 is 0 Å². The first-order valence-electron chi connectivity index (χ1n) is 6.38. The Bertz CT molecular complexity index is 828. The minimum Gasteiger partial charge on any atom is -0.211 e. The maximum Gasteiger partial charge on any atom is 0.191 e. The first kappa shape index (κ1) is 13.0. The summed E-state index contributed by atoms with van der Waals surface area (Å²) in [5.41, 5.74) is 3.42. The van der Waals surface area contributed by atoms with Gasteiger partial charge in [0.05, 0.1) is 5.69 Å². The van der Waals surface area contributed by atoms with Gasteiger partial charge in [0.15, 0.2) is 5.69 Å². The Labute approximate surface area is 121 Å². The molecule has 0 spiro atoms. The molecule has 0 N–H and O–H groups in total. The second-order valence-electron chi connectivity index (χ2n) is 4.66. The highest BCUT2D eigenvalue weighted by molar-refractivity contribution is 5.67. The van der Waals surface area contributed by atoms with Gasteiger partial charge in [0, 0.05) is 5.56 Å². The molecule has 0 amide bonds. The molecule has 21 heavy (non-hydrogen) atoms. The van der Waals surface area contributed by atoms with Crippen molar-refractivity contribution in [3.63, 3.8) is 0 Å². The van der Waals surface area contributed by atoms with Crippen molar-refractivity contribution in [3.05, 3.63) is 65.6 Å². The van der Waals surface area contributed by atoms with Crippen LogP contribution in [-0.4, -0.2) is 15.0 Å². The maximum absolute atomic E-state index is 13.1. The summed E-state index contributed by atoms with van der Waals surface area (Å²) in [5, 5.41) is 17.1. The Morgan fingerprint density at radius 2 is 1.90 bits per heavy atom. The number of aromatic nitrogens is 3. The number of halogens is 1. The molecule has 0 bridgehead atoms. The molecule has 0 aliphatic carbocycles. The van der Waals surface area contributed by atoms with E-state index in [0.717, 1.165) is 11.1 Å². The minimum atomic E-state index is -0.323. The molecular weight excluding hydrogens is 267 g/mol. The van der Waals surface area contributed by atoms with Crippen LogP contribution in [0.4, 0.5) is 4.39 Å². The highest BCUT2D eigenvalue weighted by Crippen LogP contribution is 2.25. The first-order chi connectivity index (χ1) is 10.2. The van der Waals surface area contributed by atoms with E-state index in [0.29, 0.717) is 11.4 Å². The van der Waals surface area contributed by atoms with Gasteiger partial charge < -0.3 is 0 Å². The molecule has 0 fully saturated rings. The van der Waals surface area contributed by atoms with Crippen molar-refractivity contribution in [2.24, 2.45) is 0 Å². The summed E-state index contributed by atoms with van der Waals surface area (Å²) in [6.07, 6.45) is 0. The molecule has 0 aliphatic heterocycles. The molecule has 2 aromatic carbocycles. The lowest BCUT2D eigenvalue weighted by Crippen LogP contribution is -2.00. The SMILES string of the molecule is Cc1cccc(-c2c(C#N)nnn2-c2ccc(F)cc2)c1. The van der Waals surface area contributed by atoms with Crippen molar-refractivity contribution in [1.82, 2.24) is 15.0 Å². The van der Waals surface area contributed by atoms with E-state index in [1.807, 2.05) is 37.3 Å². The lowest BCUT2D eigenvalue weighted by molar-refractivity contribution is 0.627. The number of rotatable bonds is 2. The van der Waals surface area contributed by atoms with Crippen molar-refractivity contribution in [2.75, 3.05) is 0 Å². The summed E-state index contributed by atoms with van der Waals surface area (Å²) in [6, 6.07) is 15.7. The highest BCUT2D eigenvalue weighted by atomic mass is 19.1. The normalized spacial score (nSPS) is 10.3. The fourth-order valence-corrected chi connectivity index (χ4v) is 2.17. The summed E-state index contributed by atoms with van der Waals surface area (Å²) in [6.45, 7) is 1.97. The summed E-state index contributed by atoms with van der Waals surface area (Å²) < 4.78 is 14.6. The van der Waals surface area contributed by atoms with Gasteiger partial charge in [-0.2, -0.15) is 5.26 Å². The summed E-state index contributed by atoms with van der Waals surface area (Å²) >= 11 is 0. The van der Waals surface area contributed by atoms with Gasteiger partial charge in [0.25, 0.3) is 0 Å². The Morgan fingerprint density at radius 3 is 2.57 bits per heavy atom. The van der Waals surface area contributed by atoms with E-state index in [2.05, 4.69) is 10.3 Å². The Balaban J connectivity index is 2.22. The largest absolute Gasteiger partial charge is 0.211 e. The van der Waals surface area contributed by atoms with Crippen molar-refractivity contribution < 1.29 is 4.39 Å². The molecule has 0 radical (unpaired) electrons. The lowest BCUT2D eigenvalue weighted by atomic mass is 10.1. The second kappa shape index (κ2) is 5.17. The van der Waals surface area contributed by atoms with Crippen LogP contribution >= 0.6 is 0 Å². The smallest absolute Gasteiger partial charge is 0.191 e. The van der Waals surface area contributed by atoms with Gasteiger partial charge in [-0.3, -0.25) is 0 Å². The summed E-state index contributed by atoms with van der Waals surface area (Å²) in [5.74, 6) is -0.323. The van der Waals surface area contributed by atoms with Gasteiger partial charge >= 0.3 is 0 Å². The Morgan fingerprint density at radius 1 is 1.14 bits per heavy atom. The fourth-order valence-electron chi connectivity index (χ4n) is 2.17. The zero-order chi connectivity index (χ0) is 14.8. The van der Waals surface area contributed by atoms with Gasteiger partial charge in [-0.15, -0.1) is 5.10 Å². The summed E-state index contributed by atoms with van der Waals surface area (Å²) in [7, 11) is 0. The standard InChI is InChI=1S/C16H11FN4/c1-11-3-2-4-12(9-11)16-15(10-18)19-20-21(16)14-7-5-13(17)6-8-14/h2-9H,1H3. The number of nitriles is 1. The number of aryl methyl sites for hydroxylation is 1.